The van der Waals surface area contributed by atoms with Gasteiger partial charge in [0.15, 0.2) is 0 Å². The molecule has 180 valence electrons. The van der Waals surface area contributed by atoms with Crippen molar-refractivity contribution in [3.05, 3.63) is 95.1 Å². The molecule has 0 aromatic heterocycles. The second-order valence-corrected chi connectivity index (χ2v) is 9.80. The molecule has 0 fully saturated rings. The number of aryl methyl sites for hydroxylation is 1. The zero-order chi connectivity index (χ0) is 25.2. The molecule has 9 heteroatoms. The molecule has 1 N–H and O–H groups in total. The van der Waals surface area contributed by atoms with Crippen molar-refractivity contribution in [3.63, 3.8) is 0 Å². The van der Waals surface area contributed by atoms with Gasteiger partial charge in [0.05, 0.1) is 22.6 Å². The molecule has 0 saturated carbocycles. The summed E-state index contributed by atoms with van der Waals surface area (Å²) in [5, 5.41) is 0. The first-order valence-corrected chi connectivity index (χ1v) is 12.5. The van der Waals surface area contributed by atoms with Crippen LogP contribution in [-0.2, 0) is 26.0 Å². The minimum Gasteiger partial charge on any atom is -0.464 e. The molecule has 0 bridgehead atoms. The molecule has 0 unspecified atom stereocenters. The lowest BCUT2D eigenvalue weighted by atomic mass is 10.0. The number of nitrogens with zero attached hydrogens (tertiary/aromatic N) is 1. The first kappa shape index (κ1) is 24.2. The Morgan fingerprint density at radius 2 is 1.49 bits per heavy atom. The van der Waals surface area contributed by atoms with E-state index < -0.39 is 33.8 Å². The molecule has 3 aromatic carbocycles. The van der Waals surface area contributed by atoms with Gasteiger partial charge in [0.1, 0.15) is 6.04 Å². The van der Waals surface area contributed by atoms with Crippen LogP contribution in [0.3, 0.4) is 0 Å². The highest BCUT2D eigenvalue weighted by molar-refractivity contribution is 7.92. The fourth-order valence-corrected chi connectivity index (χ4v) is 4.93. The normalized spacial score (nSPS) is 13.9. The maximum atomic E-state index is 12.9. The number of esters is 1. The number of benzene rings is 3. The Morgan fingerprint density at radius 3 is 2.03 bits per heavy atom. The molecular formula is C26H24N2O6S. The van der Waals surface area contributed by atoms with E-state index in [1.165, 1.54) is 12.1 Å². The lowest BCUT2D eigenvalue weighted by Gasteiger charge is -2.24. The van der Waals surface area contributed by atoms with Crippen LogP contribution in [0.1, 0.15) is 38.8 Å². The van der Waals surface area contributed by atoms with E-state index >= 15 is 0 Å². The topological polar surface area (TPSA) is 110 Å². The van der Waals surface area contributed by atoms with Crippen molar-refractivity contribution >= 4 is 33.5 Å². The molecule has 0 aliphatic carbocycles. The van der Waals surface area contributed by atoms with Crippen molar-refractivity contribution in [2.45, 2.75) is 31.2 Å². The van der Waals surface area contributed by atoms with Gasteiger partial charge in [-0.05, 0) is 55.8 Å². The Hall–Kier alpha value is -3.98. The van der Waals surface area contributed by atoms with Gasteiger partial charge in [-0.1, -0.05) is 42.0 Å². The molecule has 0 spiro atoms. The van der Waals surface area contributed by atoms with Crippen LogP contribution in [0, 0.1) is 6.92 Å². The van der Waals surface area contributed by atoms with Crippen LogP contribution in [0.4, 0.5) is 5.69 Å². The number of imide groups is 1. The highest BCUT2D eigenvalue weighted by Crippen LogP contribution is 2.27. The summed E-state index contributed by atoms with van der Waals surface area (Å²) >= 11 is 0. The number of ether oxygens (including phenoxy) is 1. The van der Waals surface area contributed by atoms with Crippen LogP contribution >= 0.6 is 0 Å². The van der Waals surface area contributed by atoms with Gasteiger partial charge in [-0.15, -0.1) is 0 Å². The Kier molecular flexibility index (Phi) is 6.70. The number of sulfonamides is 1. The van der Waals surface area contributed by atoms with Crippen LogP contribution in [0.2, 0.25) is 0 Å². The van der Waals surface area contributed by atoms with Crippen LogP contribution < -0.4 is 4.72 Å². The highest BCUT2D eigenvalue weighted by atomic mass is 32.2. The molecule has 0 saturated heterocycles. The number of nitrogens with one attached hydrogen (secondary N) is 1. The van der Waals surface area contributed by atoms with E-state index in [1.807, 2.05) is 6.92 Å². The second kappa shape index (κ2) is 9.71. The minimum absolute atomic E-state index is 0.0231. The zero-order valence-electron chi connectivity index (χ0n) is 19.2. The van der Waals surface area contributed by atoms with Gasteiger partial charge in [0.25, 0.3) is 21.8 Å². The number of anilines is 1. The standard InChI is InChI=1S/C26H24N2O6S/c1-3-34-26(31)23(28-24(29)21-6-4-5-7-22(21)25(28)30)16-18-10-12-19(13-11-18)27-35(32,33)20-14-8-17(2)9-15-20/h4-15,23,27H,3,16H2,1-2H3/t23-/m1/s1. The van der Waals surface area contributed by atoms with Gasteiger partial charge in [0.2, 0.25) is 0 Å². The zero-order valence-corrected chi connectivity index (χ0v) is 20.0. The van der Waals surface area contributed by atoms with Crippen LogP contribution in [0.25, 0.3) is 0 Å². The van der Waals surface area contributed by atoms with E-state index in [0.717, 1.165) is 10.5 Å². The number of hydrogen-bond donors (Lipinski definition) is 1. The Labute approximate surface area is 203 Å². The SMILES string of the molecule is CCOC(=O)[C@@H](Cc1ccc(NS(=O)(=O)c2ccc(C)cc2)cc1)N1C(=O)c2ccccc2C1=O. The second-order valence-electron chi connectivity index (χ2n) is 8.11. The number of hydrogen-bond acceptors (Lipinski definition) is 6. The maximum absolute atomic E-state index is 12.9. The quantitative estimate of drug-likeness (QED) is 0.380. The fraction of sp³-hybridized carbons (Fsp3) is 0.192. The van der Waals surface area contributed by atoms with Gasteiger partial charge in [-0.25, -0.2) is 13.2 Å². The number of carbonyl (C=O) groups is 3. The smallest absolute Gasteiger partial charge is 0.329 e. The molecule has 2 amide bonds. The Bertz CT molecular complexity index is 1350. The van der Waals surface area contributed by atoms with E-state index in [2.05, 4.69) is 4.72 Å². The van der Waals surface area contributed by atoms with Crippen molar-refractivity contribution in [3.8, 4) is 0 Å². The summed E-state index contributed by atoms with van der Waals surface area (Å²) in [6.45, 7) is 3.61. The van der Waals surface area contributed by atoms with Crippen LogP contribution in [-0.4, -0.2) is 43.8 Å². The van der Waals surface area contributed by atoms with Crippen molar-refractivity contribution in [1.82, 2.24) is 4.90 Å². The van der Waals surface area contributed by atoms with Crippen molar-refractivity contribution in [1.29, 1.82) is 0 Å². The average Bonchev–Trinajstić information content (AvgIpc) is 3.09. The number of rotatable bonds is 8. The third-order valence-electron chi connectivity index (χ3n) is 5.66. The molecule has 1 aliphatic heterocycles. The Balaban J connectivity index is 1.55. The Morgan fingerprint density at radius 1 is 0.914 bits per heavy atom. The summed E-state index contributed by atoms with van der Waals surface area (Å²) in [7, 11) is -3.77. The third kappa shape index (κ3) is 4.95. The first-order chi connectivity index (χ1) is 16.7. The molecule has 3 aromatic rings. The third-order valence-corrected chi connectivity index (χ3v) is 7.06. The average molecular weight is 493 g/mol. The number of carbonyl (C=O) groups excluding carboxylic acids is 3. The molecule has 8 nitrogen and oxygen atoms in total. The van der Waals surface area contributed by atoms with Gasteiger partial charge in [-0.3, -0.25) is 19.2 Å². The fourth-order valence-electron chi connectivity index (χ4n) is 3.87. The van der Waals surface area contributed by atoms with E-state index in [0.29, 0.717) is 11.3 Å². The number of amides is 2. The summed E-state index contributed by atoms with van der Waals surface area (Å²) in [6.07, 6.45) is 0.0231. The summed E-state index contributed by atoms with van der Waals surface area (Å²) in [5.74, 6) is -1.79. The van der Waals surface area contributed by atoms with E-state index in [1.54, 1.807) is 67.6 Å². The van der Waals surface area contributed by atoms with Gasteiger partial charge < -0.3 is 4.74 Å². The van der Waals surface area contributed by atoms with E-state index in [4.69, 9.17) is 4.74 Å². The predicted octanol–water partition coefficient (Wildman–Crippen LogP) is 3.57. The van der Waals surface area contributed by atoms with Crippen molar-refractivity contribution < 1.29 is 27.5 Å². The molecule has 1 aliphatic rings. The van der Waals surface area contributed by atoms with Gasteiger partial charge in [0, 0.05) is 12.1 Å². The van der Waals surface area contributed by atoms with Gasteiger partial charge in [-0.2, -0.15) is 0 Å². The summed E-state index contributed by atoms with van der Waals surface area (Å²) in [5.41, 5.74) is 2.39. The summed E-state index contributed by atoms with van der Waals surface area (Å²) in [4.78, 5) is 39.7. The van der Waals surface area contributed by atoms with Crippen molar-refractivity contribution in [2.24, 2.45) is 0 Å². The molecule has 1 atom stereocenters. The lowest BCUT2D eigenvalue weighted by molar-refractivity contribution is -0.147. The van der Waals surface area contributed by atoms with Crippen LogP contribution in [0.15, 0.2) is 77.7 Å². The molecule has 1 heterocycles. The molecule has 0 radical (unpaired) electrons. The van der Waals surface area contributed by atoms with E-state index in [9.17, 15) is 22.8 Å². The number of fused-ring (bicyclic) bond motifs is 1. The predicted molar refractivity (Wildman–Crippen MR) is 129 cm³/mol. The van der Waals surface area contributed by atoms with Crippen molar-refractivity contribution in [2.75, 3.05) is 11.3 Å². The highest BCUT2D eigenvalue weighted by Gasteiger charge is 2.43. The van der Waals surface area contributed by atoms with Crippen LogP contribution in [0.5, 0.6) is 0 Å². The summed E-state index contributed by atoms with van der Waals surface area (Å²) < 4.78 is 32.9. The van der Waals surface area contributed by atoms with Gasteiger partial charge >= 0.3 is 5.97 Å². The monoisotopic (exact) mass is 492 g/mol. The largest absolute Gasteiger partial charge is 0.464 e. The molecule has 4 rings (SSSR count). The maximum Gasteiger partial charge on any atom is 0.329 e. The summed E-state index contributed by atoms with van der Waals surface area (Å²) in [6, 6.07) is 18.1. The lowest BCUT2D eigenvalue weighted by Crippen LogP contribution is -2.47. The first-order valence-electron chi connectivity index (χ1n) is 11.0. The molecular weight excluding hydrogens is 468 g/mol. The minimum atomic E-state index is -3.77. The molecule has 35 heavy (non-hydrogen) atoms. The van der Waals surface area contributed by atoms with E-state index in [-0.39, 0.29) is 29.1 Å².